The highest BCUT2D eigenvalue weighted by Crippen LogP contribution is 2.36. The molecule has 1 aromatic rings. The number of unbranched alkanes of at least 4 members (excludes halogenated alkanes) is 7. The molecule has 0 bridgehead atoms. The second-order valence-corrected chi connectivity index (χ2v) is 6.03. The summed E-state index contributed by atoms with van der Waals surface area (Å²) < 4.78 is 38.7. The smallest absolute Gasteiger partial charge is 0.385 e. The van der Waals surface area contributed by atoms with Crippen molar-refractivity contribution in [3.05, 3.63) is 28.8 Å². The molecule has 0 aliphatic rings. The molecule has 0 aliphatic heterocycles. The standard InChI is InChI=1S/C17H25ClF3N/c1-2-3-4-5-6-7-8-9-12-22-16-11-10-14(18)13-15(16)17(19,20)21/h10-11,13,22H,2-9,12H2,1H3. The molecule has 0 spiro atoms. The Balaban J connectivity index is 2.28. The van der Waals surface area contributed by atoms with Crippen molar-refractivity contribution in [2.75, 3.05) is 11.9 Å². The zero-order valence-corrected chi connectivity index (χ0v) is 13.9. The minimum atomic E-state index is -4.38. The normalized spacial score (nSPS) is 11.7. The highest BCUT2D eigenvalue weighted by Gasteiger charge is 2.33. The molecule has 0 radical (unpaired) electrons. The lowest BCUT2D eigenvalue weighted by Gasteiger charge is -2.14. The van der Waals surface area contributed by atoms with Gasteiger partial charge < -0.3 is 5.32 Å². The van der Waals surface area contributed by atoms with Gasteiger partial charge in [0.1, 0.15) is 0 Å². The summed E-state index contributed by atoms with van der Waals surface area (Å²) in [7, 11) is 0. The predicted octanol–water partition coefficient (Wildman–Crippen LogP) is 6.91. The first-order valence-corrected chi connectivity index (χ1v) is 8.43. The fraction of sp³-hybridized carbons (Fsp3) is 0.647. The summed E-state index contributed by atoms with van der Waals surface area (Å²) in [5.41, 5.74) is -0.584. The van der Waals surface area contributed by atoms with E-state index in [9.17, 15) is 13.2 Å². The van der Waals surface area contributed by atoms with Crippen LogP contribution in [0.2, 0.25) is 5.02 Å². The van der Waals surface area contributed by atoms with Crippen molar-refractivity contribution in [3.8, 4) is 0 Å². The molecule has 0 saturated heterocycles. The maximum absolute atomic E-state index is 12.9. The number of halogens is 4. The summed E-state index contributed by atoms with van der Waals surface area (Å²) in [6.07, 6.45) is 5.00. The van der Waals surface area contributed by atoms with Crippen LogP contribution in [0.1, 0.15) is 63.9 Å². The van der Waals surface area contributed by atoms with Crippen molar-refractivity contribution in [2.24, 2.45) is 0 Å². The Morgan fingerprint density at radius 3 is 2.14 bits per heavy atom. The van der Waals surface area contributed by atoms with Crippen molar-refractivity contribution in [3.63, 3.8) is 0 Å². The van der Waals surface area contributed by atoms with Crippen molar-refractivity contribution in [1.29, 1.82) is 0 Å². The molecule has 0 saturated carbocycles. The third-order valence-corrected chi connectivity index (χ3v) is 3.87. The molecule has 126 valence electrons. The first-order valence-electron chi connectivity index (χ1n) is 8.05. The SMILES string of the molecule is CCCCCCCCCCNc1ccc(Cl)cc1C(F)(F)F. The van der Waals surface area contributed by atoms with Crippen molar-refractivity contribution in [2.45, 2.75) is 64.5 Å². The maximum Gasteiger partial charge on any atom is 0.418 e. The van der Waals surface area contributed by atoms with E-state index in [1.807, 2.05) is 0 Å². The summed E-state index contributed by atoms with van der Waals surface area (Å²) >= 11 is 5.65. The van der Waals surface area contributed by atoms with E-state index in [-0.39, 0.29) is 10.7 Å². The van der Waals surface area contributed by atoms with Gasteiger partial charge in [0.15, 0.2) is 0 Å². The van der Waals surface area contributed by atoms with E-state index in [2.05, 4.69) is 12.2 Å². The topological polar surface area (TPSA) is 12.0 Å². The van der Waals surface area contributed by atoms with Crippen LogP contribution in [-0.4, -0.2) is 6.54 Å². The van der Waals surface area contributed by atoms with Gasteiger partial charge >= 0.3 is 6.18 Å². The Morgan fingerprint density at radius 2 is 1.55 bits per heavy atom. The van der Waals surface area contributed by atoms with Gasteiger partial charge in [0.05, 0.1) is 5.56 Å². The van der Waals surface area contributed by atoms with E-state index in [1.165, 1.54) is 44.2 Å². The van der Waals surface area contributed by atoms with Crippen LogP contribution in [0.25, 0.3) is 0 Å². The molecule has 0 heterocycles. The van der Waals surface area contributed by atoms with Gasteiger partial charge in [-0.2, -0.15) is 13.2 Å². The molecule has 22 heavy (non-hydrogen) atoms. The molecule has 1 rings (SSSR count). The average Bonchev–Trinajstić information content (AvgIpc) is 2.46. The van der Waals surface area contributed by atoms with Gasteiger partial charge in [0.25, 0.3) is 0 Å². The molecule has 1 N–H and O–H groups in total. The Hall–Kier alpha value is -0.900. The summed E-state index contributed by atoms with van der Waals surface area (Å²) in [4.78, 5) is 0. The molecule has 5 heteroatoms. The van der Waals surface area contributed by atoms with Crippen LogP contribution in [0.15, 0.2) is 18.2 Å². The van der Waals surface area contributed by atoms with Crippen LogP contribution in [0.4, 0.5) is 18.9 Å². The fourth-order valence-corrected chi connectivity index (χ4v) is 2.56. The number of benzene rings is 1. The van der Waals surface area contributed by atoms with Gasteiger partial charge in [-0.3, -0.25) is 0 Å². The largest absolute Gasteiger partial charge is 0.418 e. The molecule has 1 nitrogen and oxygen atoms in total. The highest BCUT2D eigenvalue weighted by atomic mass is 35.5. The zero-order valence-electron chi connectivity index (χ0n) is 13.1. The van der Waals surface area contributed by atoms with Crippen molar-refractivity contribution in [1.82, 2.24) is 0 Å². The number of hydrogen-bond donors (Lipinski definition) is 1. The van der Waals surface area contributed by atoms with E-state index in [0.717, 1.165) is 25.3 Å². The number of anilines is 1. The second kappa shape index (κ2) is 9.98. The summed E-state index contributed by atoms with van der Waals surface area (Å²) in [5, 5.41) is 2.98. The van der Waals surface area contributed by atoms with Gasteiger partial charge in [0, 0.05) is 17.3 Å². The molecule has 0 unspecified atom stereocenters. The van der Waals surface area contributed by atoms with Crippen LogP contribution in [0, 0.1) is 0 Å². The average molecular weight is 336 g/mol. The van der Waals surface area contributed by atoms with Crippen LogP contribution >= 0.6 is 11.6 Å². The number of rotatable bonds is 10. The monoisotopic (exact) mass is 335 g/mol. The molecular weight excluding hydrogens is 311 g/mol. The van der Waals surface area contributed by atoms with Crippen LogP contribution in [0.5, 0.6) is 0 Å². The molecule has 0 atom stereocenters. The fourth-order valence-electron chi connectivity index (χ4n) is 2.39. The number of alkyl halides is 3. The van der Waals surface area contributed by atoms with Gasteiger partial charge in [-0.15, -0.1) is 0 Å². The summed E-state index contributed by atoms with van der Waals surface area (Å²) in [6.45, 7) is 2.75. The van der Waals surface area contributed by atoms with Crippen LogP contribution in [0.3, 0.4) is 0 Å². The lowest BCUT2D eigenvalue weighted by Crippen LogP contribution is -2.11. The molecule has 0 aromatic heterocycles. The minimum absolute atomic E-state index is 0.102. The van der Waals surface area contributed by atoms with Crippen LogP contribution < -0.4 is 5.32 Å². The van der Waals surface area contributed by atoms with Crippen LogP contribution in [-0.2, 0) is 6.18 Å². The lowest BCUT2D eigenvalue weighted by atomic mass is 10.1. The highest BCUT2D eigenvalue weighted by molar-refractivity contribution is 6.30. The molecule has 1 aromatic carbocycles. The summed E-state index contributed by atoms with van der Waals surface area (Å²) in [5.74, 6) is 0. The van der Waals surface area contributed by atoms with E-state index >= 15 is 0 Å². The molecular formula is C17H25ClF3N. The third-order valence-electron chi connectivity index (χ3n) is 3.63. The summed E-state index contributed by atoms with van der Waals surface area (Å²) in [6, 6.07) is 3.85. The number of nitrogens with one attached hydrogen (secondary N) is 1. The third kappa shape index (κ3) is 7.39. The molecule has 0 amide bonds. The minimum Gasteiger partial charge on any atom is -0.385 e. The van der Waals surface area contributed by atoms with Crippen molar-refractivity contribution < 1.29 is 13.2 Å². The zero-order chi connectivity index (χ0) is 16.4. The Labute approximate surface area is 136 Å². The predicted molar refractivity (Wildman–Crippen MR) is 87.6 cm³/mol. The van der Waals surface area contributed by atoms with E-state index in [0.29, 0.717) is 6.54 Å². The second-order valence-electron chi connectivity index (χ2n) is 5.59. The van der Waals surface area contributed by atoms with Gasteiger partial charge in [-0.05, 0) is 24.6 Å². The van der Waals surface area contributed by atoms with E-state index in [1.54, 1.807) is 0 Å². The quantitative estimate of drug-likeness (QED) is 0.458. The molecule has 0 fully saturated rings. The Bertz CT molecular complexity index is 432. The maximum atomic E-state index is 12.9. The lowest BCUT2D eigenvalue weighted by molar-refractivity contribution is -0.136. The van der Waals surface area contributed by atoms with Crippen molar-refractivity contribution >= 4 is 17.3 Å². The Morgan fingerprint density at radius 1 is 0.955 bits per heavy atom. The molecule has 0 aliphatic carbocycles. The van der Waals surface area contributed by atoms with Gasteiger partial charge in [-0.25, -0.2) is 0 Å². The van der Waals surface area contributed by atoms with E-state index in [4.69, 9.17) is 11.6 Å². The first kappa shape index (κ1) is 19.1. The van der Waals surface area contributed by atoms with Gasteiger partial charge in [-0.1, -0.05) is 63.5 Å². The number of hydrogen-bond acceptors (Lipinski definition) is 1. The van der Waals surface area contributed by atoms with E-state index < -0.39 is 11.7 Å². The first-order chi connectivity index (χ1) is 10.4. The van der Waals surface area contributed by atoms with Gasteiger partial charge in [0.2, 0.25) is 0 Å². The Kier molecular flexibility index (Phi) is 8.69.